The number of hydrogen-bond donors (Lipinski definition) is 1. The molecule has 4 heteroatoms. The second-order valence-corrected chi connectivity index (χ2v) is 6.12. The molecular formula is C16H28N4. The molecule has 0 amide bonds. The molecule has 0 radical (unpaired) electrons. The van der Waals surface area contributed by atoms with Crippen LogP contribution < -0.4 is 10.2 Å². The summed E-state index contributed by atoms with van der Waals surface area (Å²) >= 11 is 0. The molecule has 1 saturated carbocycles. The van der Waals surface area contributed by atoms with Crippen LogP contribution >= 0.6 is 0 Å². The van der Waals surface area contributed by atoms with E-state index in [1.807, 2.05) is 0 Å². The third-order valence-corrected chi connectivity index (χ3v) is 3.69. The summed E-state index contributed by atoms with van der Waals surface area (Å²) in [6.45, 7) is 13.9. The number of aromatic nitrogens is 2. The number of nitrogens with zero attached hydrogens (tertiary/aromatic N) is 3. The van der Waals surface area contributed by atoms with E-state index in [1.165, 1.54) is 18.4 Å². The molecule has 4 nitrogen and oxygen atoms in total. The van der Waals surface area contributed by atoms with Gasteiger partial charge in [0.05, 0.1) is 0 Å². The van der Waals surface area contributed by atoms with Crippen LogP contribution in [0.25, 0.3) is 0 Å². The molecule has 2 rings (SSSR count). The second kappa shape index (κ2) is 6.42. The van der Waals surface area contributed by atoms with Crippen molar-refractivity contribution in [1.82, 2.24) is 9.97 Å². The number of hydrogen-bond acceptors (Lipinski definition) is 4. The molecule has 0 bridgehead atoms. The van der Waals surface area contributed by atoms with Crippen LogP contribution in [0.5, 0.6) is 0 Å². The van der Waals surface area contributed by atoms with Gasteiger partial charge in [-0.3, -0.25) is 0 Å². The van der Waals surface area contributed by atoms with Crippen molar-refractivity contribution in [2.75, 3.05) is 29.9 Å². The fourth-order valence-corrected chi connectivity index (χ4v) is 2.50. The smallest absolute Gasteiger partial charge is 0.137 e. The minimum atomic E-state index is 0.588. The standard InChI is InChI=1S/C16H28N4/c1-6-17-14-12(5)16(20(7-2)10-11(3)4)19-15(18-14)13-8-9-13/h11,13H,6-10H2,1-5H3,(H,17,18,19). The van der Waals surface area contributed by atoms with Crippen LogP contribution in [0.15, 0.2) is 0 Å². The van der Waals surface area contributed by atoms with E-state index in [-0.39, 0.29) is 0 Å². The van der Waals surface area contributed by atoms with Crippen LogP contribution in [0.3, 0.4) is 0 Å². The van der Waals surface area contributed by atoms with E-state index >= 15 is 0 Å². The van der Waals surface area contributed by atoms with Crippen LogP contribution in [0, 0.1) is 12.8 Å². The molecule has 1 N–H and O–H groups in total. The fraction of sp³-hybridized carbons (Fsp3) is 0.750. The van der Waals surface area contributed by atoms with Crippen molar-refractivity contribution < 1.29 is 0 Å². The van der Waals surface area contributed by atoms with E-state index in [0.717, 1.165) is 37.1 Å². The molecule has 0 atom stereocenters. The summed E-state index contributed by atoms with van der Waals surface area (Å²) in [6.07, 6.45) is 2.48. The van der Waals surface area contributed by atoms with Gasteiger partial charge in [0.1, 0.15) is 17.5 Å². The molecule has 1 aromatic heterocycles. The van der Waals surface area contributed by atoms with Gasteiger partial charge in [-0.2, -0.15) is 0 Å². The maximum atomic E-state index is 4.88. The van der Waals surface area contributed by atoms with Crippen LogP contribution in [-0.4, -0.2) is 29.6 Å². The topological polar surface area (TPSA) is 41.1 Å². The summed E-state index contributed by atoms with van der Waals surface area (Å²) in [4.78, 5) is 12.0. The Morgan fingerprint density at radius 2 is 1.95 bits per heavy atom. The largest absolute Gasteiger partial charge is 0.370 e. The van der Waals surface area contributed by atoms with E-state index in [4.69, 9.17) is 9.97 Å². The first-order chi connectivity index (χ1) is 9.56. The van der Waals surface area contributed by atoms with E-state index in [1.54, 1.807) is 0 Å². The number of nitrogens with one attached hydrogen (secondary N) is 1. The first-order valence-electron chi connectivity index (χ1n) is 7.94. The van der Waals surface area contributed by atoms with Gasteiger partial charge in [0.25, 0.3) is 0 Å². The molecule has 1 aliphatic carbocycles. The summed E-state index contributed by atoms with van der Waals surface area (Å²) in [5.74, 6) is 4.39. The molecule has 1 heterocycles. The molecule has 0 unspecified atom stereocenters. The zero-order valence-corrected chi connectivity index (χ0v) is 13.5. The highest BCUT2D eigenvalue weighted by atomic mass is 15.2. The average Bonchev–Trinajstić information content (AvgIpc) is 3.23. The molecule has 20 heavy (non-hydrogen) atoms. The van der Waals surface area contributed by atoms with Gasteiger partial charge in [-0.05, 0) is 39.5 Å². The van der Waals surface area contributed by atoms with E-state index in [9.17, 15) is 0 Å². The zero-order valence-electron chi connectivity index (χ0n) is 13.5. The third kappa shape index (κ3) is 3.41. The minimum Gasteiger partial charge on any atom is -0.370 e. The van der Waals surface area contributed by atoms with Gasteiger partial charge in [-0.1, -0.05) is 13.8 Å². The van der Waals surface area contributed by atoms with Crippen molar-refractivity contribution in [1.29, 1.82) is 0 Å². The van der Waals surface area contributed by atoms with Gasteiger partial charge >= 0.3 is 0 Å². The Balaban J connectivity index is 2.37. The Kier molecular flexibility index (Phi) is 4.84. The number of rotatable bonds is 7. The van der Waals surface area contributed by atoms with E-state index in [0.29, 0.717) is 11.8 Å². The van der Waals surface area contributed by atoms with Crippen LogP contribution in [0.4, 0.5) is 11.6 Å². The summed E-state index contributed by atoms with van der Waals surface area (Å²) in [6, 6.07) is 0. The molecule has 0 aliphatic heterocycles. The van der Waals surface area contributed by atoms with Crippen molar-refractivity contribution >= 4 is 11.6 Å². The lowest BCUT2D eigenvalue weighted by molar-refractivity contribution is 0.611. The maximum Gasteiger partial charge on any atom is 0.137 e. The van der Waals surface area contributed by atoms with Gasteiger partial charge in [-0.15, -0.1) is 0 Å². The van der Waals surface area contributed by atoms with Gasteiger partial charge in [-0.25, -0.2) is 9.97 Å². The zero-order chi connectivity index (χ0) is 14.7. The Morgan fingerprint density at radius 1 is 1.25 bits per heavy atom. The van der Waals surface area contributed by atoms with E-state index < -0.39 is 0 Å². The van der Waals surface area contributed by atoms with Gasteiger partial charge in [0.15, 0.2) is 0 Å². The molecule has 1 aliphatic rings. The van der Waals surface area contributed by atoms with Crippen LogP contribution in [0.1, 0.15) is 57.8 Å². The Hall–Kier alpha value is -1.32. The van der Waals surface area contributed by atoms with Gasteiger partial charge < -0.3 is 10.2 Å². The second-order valence-electron chi connectivity index (χ2n) is 6.12. The predicted octanol–water partition coefficient (Wildman–Crippen LogP) is 3.58. The molecule has 112 valence electrons. The summed E-state index contributed by atoms with van der Waals surface area (Å²) in [5, 5.41) is 3.39. The van der Waals surface area contributed by atoms with Crippen molar-refractivity contribution in [2.45, 2.75) is 53.4 Å². The van der Waals surface area contributed by atoms with Crippen LogP contribution in [-0.2, 0) is 0 Å². The lowest BCUT2D eigenvalue weighted by Crippen LogP contribution is -2.29. The molecule has 1 aromatic rings. The monoisotopic (exact) mass is 276 g/mol. The minimum absolute atomic E-state index is 0.588. The average molecular weight is 276 g/mol. The SMILES string of the molecule is CCNc1nc(C2CC2)nc(N(CC)CC(C)C)c1C. The predicted molar refractivity (Wildman–Crippen MR) is 85.6 cm³/mol. The molecule has 0 spiro atoms. The van der Waals surface area contributed by atoms with Crippen molar-refractivity contribution in [3.63, 3.8) is 0 Å². The van der Waals surface area contributed by atoms with Gasteiger partial charge in [0.2, 0.25) is 0 Å². The number of anilines is 2. The Morgan fingerprint density at radius 3 is 2.45 bits per heavy atom. The fourth-order valence-electron chi connectivity index (χ4n) is 2.50. The van der Waals surface area contributed by atoms with Crippen molar-refractivity contribution in [3.05, 3.63) is 11.4 Å². The quantitative estimate of drug-likeness (QED) is 0.826. The van der Waals surface area contributed by atoms with Crippen molar-refractivity contribution in [2.24, 2.45) is 5.92 Å². The third-order valence-electron chi connectivity index (χ3n) is 3.69. The highest BCUT2D eigenvalue weighted by Gasteiger charge is 2.29. The Bertz CT molecular complexity index is 452. The summed E-state index contributed by atoms with van der Waals surface area (Å²) in [7, 11) is 0. The molecule has 0 saturated heterocycles. The highest BCUT2D eigenvalue weighted by Crippen LogP contribution is 2.40. The summed E-state index contributed by atoms with van der Waals surface area (Å²) < 4.78 is 0. The first-order valence-corrected chi connectivity index (χ1v) is 7.94. The Labute approximate surface area is 123 Å². The van der Waals surface area contributed by atoms with Crippen molar-refractivity contribution in [3.8, 4) is 0 Å². The first kappa shape index (κ1) is 15.1. The van der Waals surface area contributed by atoms with Crippen LogP contribution in [0.2, 0.25) is 0 Å². The molecule has 1 fully saturated rings. The summed E-state index contributed by atoms with van der Waals surface area (Å²) in [5.41, 5.74) is 1.18. The molecular weight excluding hydrogens is 248 g/mol. The van der Waals surface area contributed by atoms with Gasteiger partial charge in [0, 0.05) is 31.1 Å². The molecule has 0 aromatic carbocycles. The lowest BCUT2D eigenvalue weighted by Gasteiger charge is -2.27. The maximum absolute atomic E-state index is 4.88. The normalized spacial score (nSPS) is 14.7. The highest BCUT2D eigenvalue weighted by molar-refractivity contribution is 5.59. The van der Waals surface area contributed by atoms with E-state index in [2.05, 4.69) is 44.8 Å². The lowest BCUT2D eigenvalue weighted by atomic mass is 10.2.